The number of aliphatic imine (C=N–C) groups is 1. The molecule has 2 aliphatic heterocycles. The molecule has 0 aromatic heterocycles. The highest BCUT2D eigenvalue weighted by Crippen LogP contribution is 2.21. The van der Waals surface area contributed by atoms with Crippen molar-refractivity contribution in [2.75, 3.05) is 64.3 Å². The minimum absolute atomic E-state index is 0.343. The number of halogens is 2. The normalized spacial score (nSPS) is 19.4. The van der Waals surface area contributed by atoms with Crippen LogP contribution >= 0.6 is 0 Å². The summed E-state index contributed by atoms with van der Waals surface area (Å²) in [5, 5.41) is 3.40. The first kappa shape index (κ1) is 17.0. The highest BCUT2D eigenvalue weighted by Gasteiger charge is 2.22. The zero-order valence-electron chi connectivity index (χ0n) is 14.1. The summed E-state index contributed by atoms with van der Waals surface area (Å²) in [5.74, 6) is 0.106. The Bertz CT molecular complexity index is 580. The maximum Gasteiger partial charge on any atom is 0.193 e. The van der Waals surface area contributed by atoms with Crippen LogP contribution in [-0.4, -0.2) is 75.2 Å². The third-order valence-corrected chi connectivity index (χ3v) is 4.70. The average Bonchev–Trinajstić information content (AvgIpc) is 2.56. The molecule has 2 heterocycles. The van der Waals surface area contributed by atoms with Gasteiger partial charge in [-0.05, 0) is 31.6 Å². The van der Waals surface area contributed by atoms with Crippen LogP contribution in [-0.2, 0) is 0 Å². The molecular formula is C17H25F2N5. The summed E-state index contributed by atoms with van der Waals surface area (Å²) in [7, 11) is 1.78. The number of hydrogen-bond acceptors (Lipinski definition) is 3. The maximum absolute atomic E-state index is 13.9. The van der Waals surface area contributed by atoms with E-state index in [4.69, 9.17) is 0 Å². The Labute approximate surface area is 141 Å². The van der Waals surface area contributed by atoms with Gasteiger partial charge in [0.2, 0.25) is 0 Å². The van der Waals surface area contributed by atoms with E-state index in [0.29, 0.717) is 18.8 Å². The van der Waals surface area contributed by atoms with Crippen LogP contribution in [0.15, 0.2) is 23.2 Å². The molecule has 2 aliphatic rings. The van der Waals surface area contributed by atoms with Gasteiger partial charge in [-0.15, -0.1) is 0 Å². The lowest BCUT2D eigenvalue weighted by Gasteiger charge is -2.38. The number of piperazine rings is 1. The molecule has 1 aromatic rings. The van der Waals surface area contributed by atoms with E-state index < -0.39 is 5.82 Å². The third kappa shape index (κ3) is 3.95. The van der Waals surface area contributed by atoms with Crippen LogP contribution in [0.1, 0.15) is 6.42 Å². The van der Waals surface area contributed by atoms with E-state index in [-0.39, 0.29) is 5.82 Å². The molecule has 2 fully saturated rings. The lowest BCUT2D eigenvalue weighted by atomic mass is 10.2. The minimum atomic E-state index is -0.405. The van der Waals surface area contributed by atoms with Gasteiger partial charge in [0, 0.05) is 52.4 Å². The fourth-order valence-electron chi connectivity index (χ4n) is 3.15. The first-order chi connectivity index (χ1) is 11.7. The van der Waals surface area contributed by atoms with Gasteiger partial charge in [0.1, 0.15) is 11.6 Å². The molecule has 0 spiro atoms. The van der Waals surface area contributed by atoms with E-state index in [0.717, 1.165) is 38.2 Å². The van der Waals surface area contributed by atoms with Crippen LogP contribution in [0.5, 0.6) is 0 Å². The van der Waals surface area contributed by atoms with Gasteiger partial charge >= 0.3 is 0 Å². The van der Waals surface area contributed by atoms with E-state index >= 15 is 0 Å². The first-order valence-corrected chi connectivity index (χ1v) is 8.55. The zero-order valence-corrected chi connectivity index (χ0v) is 14.1. The standard InChI is InChI=1S/C17H25F2N5/c1-20-17(21-5-8-22-6-2-7-22)24-11-9-23(10-12-24)16-13-14(18)3-4-15(16)19/h3-4,13H,2,5-12H2,1H3,(H,20,21). The molecule has 1 N–H and O–H groups in total. The number of anilines is 1. The summed E-state index contributed by atoms with van der Waals surface area (Å²) in [5.41, 5.74) is 0.343. The van der Waals surface area contributed by atoms with E-state index in [1.807, 2.05) is 4.90 Å². The summed E-state index contributed by atoms with van der Waals surface area (Å²) in [4.78, 5) is 10.8. The highest BCUT2D eigenvalue weighted by atomic mass is 19.1. The molecule has 0 unspecified atom stereocenters. The molecule has 0 bridgehead atoms. The molecule has 0 aliphatic carbocycles. The van der Waals surface area contributed by atoms with Gasteiger partial charge < -0.3 is 20.0 Å². The van der Waals surface area contributed by atoms with E-state index in [1.165, 1.54) is 31.6 Å². The molecule has 0 amide bonds. The summed E-state index contributed by atoms with van der Waals surface area (Å²) in [6.07, 6.45) is 1.30. The fraction of sp³-hybridized carbons (Fsp3) is 0.588. The average molecular weight is 337 g/mol. The number of rotatable bonds is 4. The number of likely N-dealkylation sites (tertiary alicyclic amines) is 1. The van der Waals surface area contributed by atoms with Crippen molar-refractivity contribution < 1.29 is 8.78 Å². The predicted molar refractivity (Wildman–Crippen MR) is 92.6 cm³/mol. The summed E-state index contributed by atoms with van der Waals surface area (Å²) >= 11 is 0. The monoisotopic (exact) mass is 337 g/mol. The number of nitrogens with zero attached hydrogens (tertiary/aromatic N) is 4. The van der Waals surface area contributed by atoms with Crippen LogP contribution < -0.4 is 10.2 Å². The Kier molecular flexibility index (Phi) is 5.50. The second-order valence-corrected chi connectivity index (χ2v) is 6.24. The third-order valence-electron chi connectivity index (χ3n) is 4.70. The van der Waals surface area contributed by atoms with Gasteiger partial charge in [-0.2, -0.15) is 0 Å². The van der Waals surface area contributed by atoms with Gasteiger partial charge in [0.15, 0.2) is 5.96 Å². The van der Waals surface area contributed by atoms with Crippen LogP contribution in [0, 0.1) is 11.6 Å². The summed E-state index contributed by atoms with van der Waals surface area (Å²) in [6.45, 7) is 7.06. The Hall–Kier alpha value is -1.89. The second-order valence-electron chi connectivity index (χ2n) is 6.24. The molecule has 132 valence electrons. The SMILES string of the molecule is CN=C(NCCN1CCC1)N1CCN(c2cc(F)ccc2F)CC1. The number of hydrogen-bond donors (Lipinski definition) is 1. The van der Waals surface area contributed by atoms with Crippen LogP contribution in [0.4, 0.5) is 14.5 Å². The van der Waals surface area contributed by atoms with Crippen molar-refractivity contribution in [2.45, 2.75) is 6.42 Å². The first-order valence-electron chi connectivity index (χ1n) is 8.55. The van der Waals surface area contributed by atoms with Crippen molar-refractivity contribution in [3.05, 3.63) is 29.8 Å². The number of nitrogens with one attached hydrogen (secondary N) is 1. The quantitative estimate of drug-likeness (QED) is 0.665. The molecule has 24 heavy (non-hydrogen) atoms. The van der Waals surface area contributed by atoms with Gasteiger partial charge in [0.25, 0.3) is 0 Å². The molecule has 3 rings (SSSR count). The molecular weight excluding hydrogens is 312 g/mol. The van der Waals surface area contributed by atoms with Gasteiger partial charge in [-0.1, -0.05) is 0 Å². The van der Waals surface area contributed by atoms with Crippen molar-refractivity contribution in [3.8, 4) is 0 Å². The molecule has 7 heteroatoms. The molecule has 0 atom stereocenters. The number of benzene rings is 1. The smallest absolute Gasteiger partial charge is 0.193 e. The second kappa shape index (κ2) is 7.79. The zero-order chi connectivity index (χ0) is 16.9. The highest BCUT2D eigenvalue weighted by molar-refractivity contribution is 5.80. The maximum atomic E-state index is 13.9. The van der Waals surface area contributed by atoms with E-state index in [2.05, 4.69) is 20.1 Å². The van der Waals surface area contributed by atoms with Crippen LogP contribution in [0.25, 0.3) is 0 Å². The lowest BCUT2D eigenvalue weighted by molar-refractivity contribution is 0.184. The van der Waals surface area contributed by atoms with Gasteiger partial charge in [-0.3, -0.25) is 4.99 Å². The van der Waals surface area contributed by atoms with Gasteiger partial charge in [-0.25, -0.2) is 8.78 Å². The lowest BCUT2D eigenvalue weighted by Crippen LogP contribution is -2.53. The van der Waals surface area contributed by atoms with Crippen molar-refractivity contribution in [1.82, 2.24) is 15.1 Å². The van der Waals surface area contributed by atoms with Gasteiger partial charge in [0.05, 0.1) is 5.69 Å². The number of guanidine groups is 1. The van der Waals surface area contributed by atoms with Crippen molar-refractivity contribution in [2.24, 2.45) is 4.99 Å². The van der Waals surface area contributed by atoms with E-state index in [9.17, 15) is 8.78 Å². The Morgan fingerprint density at radius 3 is 2.50 bits per heavy atom. The molecule has 0 saturated carbocycles. The topological polar surface area (TPSA) is 34.1 Å². The van der Waals surface area contributed by atoms with Crippen LogP contribution in [0.3, 0.4) is 0 Å². The summed E-state index contributed by atoms with van der Waals surface area (Å²) in [6, 6.07) is 3.61. The molecule has 0 radical (unpaired) electrons. The summed E-state index contributed by atoms with van der Waals surface area (Å²) < 4.78 is 27.3. The molecule has 1 aromatic carbocycles. The Balaban J connectivity index is 1.50. The minimum Gasteiger partial charge on any atom is -0.366 e. The van der Waals surface area contributed by atoms with Crippen LogP contribution in [0.2, 0.25) is 0 Å². The van der Waals surface area contributed by atoms with Crippen molar-refractivity contribution in [3.63, 3.8) is 0 Å². The Morgan fingerprint density at radius 2 is 1.88 bits per heavy atom. The molecule has 2 saturated heterocycles. The molecule has 5 nitrogen and oxygen atoms in total. The van der Waals surface area contributed by atoms with Crippen molar-refractivity contribution in [1.29, 1.82) is 0 Å². The Morgan fingerprint density at radius 1 is 1.12 bits per heavy atom. The largest absolute Gasteiger partial charge is 0.366 e. The van der Waals surface area contributed by atoms with Crippen molar-refractivity contribution >= 4 is 11.6 Å². The van der Waals surface area contributed by atoms with E-state index in [1.54, 1.807) is 7.05 Å². The predicted octanol–water partition coefficient (Wildman–Crippen LogP) is 1.37. The fourth-order valence-corrected chi connectivity index (χ4v) is 3.15.